The second kappa shape index (κ2) is 3.57. The first kappa shape index (κ1) is 10.0. The normalized spacial score (nSPS) is 30.1. The number of methoxy groups -OCH3 is 1. The van der Waals surface area contributed by atoms with Crippen LogP contribution in [0.15, 0.2) is 35.8 Å². The fraction of sp³-hybridized carbons (Fsp3) is 0.417. The number of rotatable bonds is 1. The Bertz CT molecular complexity index is 376. The van der Waals surface area contributed by atoms with Crippen molar-refractivity contribution in [1.29, 1.82) is 0 Å². The number of aliphatic hydroxyl groups excluding tert-OH is 1. The minimum atomic E-state index is -0.368. The lowest BCUT2D eigenvalue weighted by atomic mass is 9.72. The van der Waals surface area contributed by atoms with Crippen molar-refractivity contribution in [3.05, 3.63) is 35.8 Å². The summed E-state index contributed by atoms with van der Waals surface area (Å²) in [5.41, 5.74) is -0.304. The van der Waals surface area contributed by atoms with Crippen molar-refractivity contribution < 1.29 is 14.6 Å². The molecule has 2 aliphatic rings. The molecular weight excluding hydrogens is 192 g/mol. The molecule has 0 saturated heterocycles. The summed E-state index contributed by atoms with van der Waals surface area (Å²) in [7, 11) is 1.56. The van der Waals surface area contributed by atoms with Crippen LogP contribution < -0.4 is 0 Å². The summed E-state index contributed by atoms with van der Waals surface area (Å²) >= 11 is 0. The Labute approximate surface area is 88.7 Å². The lowest BCUT2D eigenvalue weighted by molar-refractivity contribution is -0.114. The fourth-order valence-corrected chi connectivity index (χ4v) is 2.21. The van der Waals surface area contributed by atoms with E-state index >= 15 is 0 Å². The summed E-state index contributed by atoms with van der Waals surface area (Å²) < 4.78 is 5.25. The number of carbonyl (C=O) groups is 1. The van der Waals surface area contributed by atoms with Gasteiger partial charge in [0.05, 0.1) is 12.5 Å². The van der Waals surface area contributed by atoms with Crippen LogP contribution in [0, 0.1) is 5.41 Å². The number of carbonyl (C=O) groups excluding carboxylic acids is 1. The molecule has 3 heteroatoms. The first-order valence-corrected chi connectivity index (χ1v) is 5.05. The molecule has 0 aromatic carbocycles. The number of aliphatic hydroxyl groups is 1. The molecule has 0 bridgehead atoms. The van der Waals surface area contributed by atoms with Gasteiger partial charge in [0, 0.05) is 6.08 Å². The van der Waals surface area contributed by atoms with Crippen molar-refractivity contribution >= 4 is 5.78 Å². The zero-order valence-electron chi connectivity index (χ0n) is 8.69. The summed E-state index contributed by atoms with van der Waals surface area (Å²) in [6.07, 6.45) is 9.81. The van der Waals surface area contributed by atoms with Crippen LogP contribution in [0.5, 0.6) is 0 Å². The molecule has 1 spiro atoms. The standard InChI is InChI=1S/C12H14O3/c1-15-11-7-9(13)10(14)8-12(11)5-3-2-4-6-12/h2-3,7-8,14H,4-6H2,1H3. The van der Waals surface area contributed by atoms with Gasteiger partial charge in [-0.15, -0.1) is 0 Å². The average Bonchev–Trinajstić information content (AvgIpc) is 2.25. The maximum absolute atomic E-state index is 11.3. The van der Waals surface area contributed by atoms with E-state index in [1.54, 1.807) is 13.2 Å². The zero-order valence-corrected chi connectivity index (χ0v) is 8.69. The highest BCUT2D eigenvalue weighted by molar-refractivity contribution is 6.03. The third-order valence-corrected chi connectivity index (χ3v) is 3.04. The molecule has 1 unspecified atom stereocenters. The van der Waals surface area contributed by atoms with E-state index in [0.717, 1.165) is 19.3 Å². The van der Waals surface area contributed by atoms with E-state index in [-0.39, 0.29) is 17.0 Å². The molecule has 0 saturated carbocycles. The van der Waals surface area contributed by atoms with E-state index in [1.807, 2.05) is 0 Å². The number of hydrogen-bond donors (Lipinski definition) is 1. The first-order valence-electron chi connectivity index (χ1n) is 5.05. The van der Waals surface area contributed by atoms with Gasteiger partial charge in [-0.2, -0.15) is 0 Å². The van der Waals surface area contributed by atoms with Crippen molar-refractivity contribution in [2.45, 2.75) is 19.3 Å². The molecule has 0 aromatic rings. The van der Waals surface area contributed by atoms with Crippen molar-refractivity contribution in [2.75, 3.05) is 7.11 Å². The summed E-state index contributed by atoms with van der Waals surface area (Å²) in [6, 6.07) is 0. The highest BCUT2D eigenvalue weighted by Crippen LogP contribution is 2.44. The van der Waals surface area contributed by atoms with Crippen LogP contribution in [0.1, 0.15) is 19.3 Å². The van der Waals surface area contributed by atoms with Crippen LogP contribution in [-0.2, 0) is 9.53 Å². The van der Waals surface area contributed by atoms with Gasteiger partial charge in [0.15, 0.2) is 5.76 Å². The van der Waals surface area contributed by atoms with Crippen molar-refractivity contribution in [3.63, 3.8) is 0 Å². The molecule has 0 heterocycles. The Morgan fingerprint density at radius 2 is 2.27 bits per heavy atom. The minimum Gasteiger partial charge on any atom is -0.504 e. The van der Waals surface area contributed by atoms with E-state index in [2.05, 4.69) is 12.2 Å². The number of allylic oxidation sites excluding steroid dienone is 4. The van der Waals surface area contributed by atoms with Crippen molar-refractivity contribution in [1.82, 2.24) is 0 Å². The van der Waals surface area contributed by atoms with Gasteiger partial charge in [0.25, 0.3) is 0 Å². The van der Waals surface area contributed by atoms with E-state index in [4.69, 9.17) is 4.74 Å². The second-order valence-electron chi connectivity index (χ2n) is 3.98. The topological polar surface area (TPSA) is 46.5 Å². The van der Waals surface area contributed by atoms with Crippen molar-refractivity contribution in [3.8, 4) is 0 Å². The molecule has 3 nitrogen and oxygen atoms in total. The lowest BCUT2D eigenvalue weighted by Gasteiger charge is -2.35. The Kier molecular flexibility index (Phi) is 2.39. The molecule has 2 rings (SSSR count). The van der Waals surface area contributed by atoms with E-state index in [1.165, 1.54) is 6.08 Å². The largest absolute Gasteiger partial charge is 0.504 e. The van der Waals surface area contributed by atoms with Gasteiger partial charge in [-0.3, -0.25) is 4.79 Å². The highest BCUT2D eigenvalue weighted by atomic mass is 16.5. The molecule has 1 atom stereocenters. The average molecular weight is 206 g/mol. The van der Waals surface area contributed by atoms with Gasteiger partial charge >= 0.3 is 0 Å². The molecule has 2 aliphatic carbocycles. The second-order valence-corrected chi connectivity index (χ2v) is 3.98. The predicted octanol–water partition coefficient (Wildman–Crippen LogP) is 2.27. The number of hydrogen-bond acceptors (Lipinski definition) is 3. The number of ether oxygens (including phenoxy) is 1. The predicted molar refractivity (Wildman–Crippen MR) is 56.2 cm³/mol. The van der Waals surface area contributed by atoms with E-state index < -0.39 is 0 Å². The maximum Gasteiger partial charge on any atom is 0.223 e. The summed E-state index contributed by atoms with van der Waals surface area (Å²) in [5.74, 6) is 0.132. The van der Waals surface area contributed by atoms with Crippen LogP contribution in [-0.4, -0.2) is 18.0 Å². The third kappa shape index (κ3) is 1.58. The van der Waals surface area contributed by atoms with Gasteiger partial charge in [-0.05, 0) is 25.3 Å². The SMILES string of the molecule is COC1=CC(=O)C(O)=CC12CC=CCC2. The molecule has 0 aromatic heterocycles. The Hall–Kier alpha value is -1.51. The highest BCUT2D eigenvalue weighted by Gasteiger charge is 2.38. The number of ketones is 1. The maximum atomic E-state index is 11.3. The van der Waals surface area contributed by atoms with Crippen molar-refractivity contribution in [2.24, 2.45) is 5.41 Å². The lowest BCUT2D eigenvalue weighted by Crippen LogP contribution is -2.28. The molecule has 15 heavy (non-hydrogen) atoms. The molecule has 0 fully saturated rings. The van der Waals surface area contributed by atoms with Crippen LogP contribution in [0.3, 0.4) is 0 Å². The van der Waals surface area contributed by atoms with Crippen LogP contribution >= 0.6 is 0 Å². The van der Waals surface area contributed by atoms with Gasteiger partial charge in [-0.1, -0.05) is 12.2 Å². The van der Waals surface area contributed by atoms with Gasteiger partial charge < -0.3 is 9.84 Å². The van der Waals surface area contributed by atoms with Crippen LogP contribution in [0.25, 0.3) is 0 Å². The third-order valence-electron chi connectivity index (χ3n) is 3.04. The molecule has 1 N–H and O–H groups in total. The molecule has 0 amide bonds. The monoisotopic (exact) mass is 206 g/mol. The quantitative estimate of drug-likeness (QED) is 0.669. The van der Waals surface area contributed by atoms with Gasteiger partial charge in [0.1, 0.15) is 5.76 Å². The summed E-state index contributed by atoms with van der Waals surface area (Å²) in [5, 5.41) is 9.50. The molecule has 80 valence electrons. The van der Waals surface area contributed by atoms with Crippen LogP contribution in [0.2, 0.25) is 0 Å². The fourth-order valence-electron chi connectivity index (χ4n) is 2.21. The molecule has 0 aliphatic heterocycles. The first-order chi connectivity index (χ1) is 7.18. The van der Waals surface area contributed by atoms with Crippen LogP contribution in [0.4, 0.5) is 0 Å². The summed E-state index contributed by atoms with van der Waals surface area (Å²) in [4.78, 5) is 11.3. The molecular formula is C12H14O3. The molecule has 0 radical (unpaired) electrons. The van der Waals surface area contributed by atoms with E-state index in [0.29, 0.717) is 5.76 Å². The van der Waals surface area contributed by atoms with Gasteiger partial charge in [-0.25, -0.2) is 0 Å². The minimum absolute atomic E-state index is 0.161. The zero-order chi connectivity index (χ0) is 10.9. The van der Waals surface area contributed by atoms with E-state index in [9.17, 15) is 9.90 Å². The smallest absolute Gasteiger partial charge is 0.223 e. The Morgan fingerprint density at radius 3 is 2.87 bits per heavy atom. The Balaban J connectivity index is 2.41. The summed E-state index contributed by atoms with van der Waals surface area (Å²) in [6.45, 7) is 0. The Morgan fingerprint density at radius 1 is 1.47 bits per heavy atom. The van der Waals surface area contributed by atoms with Gasteiger partial charge in [0.2, 0.25) is 5.78 Å².